The number of aromatic amines is 1. The number of anilines is 2. The fourth-order valence-electron chi connectivity index (χ4n) is 5.80. The normalized spacial score (nSPS) is 15.1. The minimum Gasteiger partial charge on any atom is -0.618 e. The van der Waals surface area contributed by atoms with Gasteiger partial charge in [-0.05, 0) is 56.2 Å². The Morgan fingerprint density at radius 3 is 2.69 bits per heavy atom. The van der Waals surface area contributed by atoms with E-state index in [1.807, 2.05) is 0 Å². The van der Waals surface area contributed by atoms with E-state index in [1.54, 1.807) is 25.1 Å². The van der Waals surface area contributed by atoms with Crippen molar-refractivity contribution >= 4 is 35.0 Å². The molecule has 0 fully saturated rings. The number of pyridine rings is 1. The summed E-state index contributed by atoms with van der Waals surface area (Å²) in [4.78, 5) is 32.8. The number of aromatic nitrogens is 5. The van der Waals surface area contributed by atoms with E-state index in [-0.39, 0.29) is 39.9 Å². The van der Waals surface area contributed by atoms with Gasteiger partial charge in [-0.25, -0.2) is 18.9 Å². The third kappa shape index (κ3) is 6.79. The number of methoxy groups -OCH3 is 1. The van der Waals surface area contributed by atoms with Crippen molar-refractivity contribution in [1.82, 2.24) is 19.7 Å². The SMILES string of the molecule is COC(=O)Nc1ccc2c(c1)NC(=O)CCCCC(c1ccc(-c3c(-n4cc(C(F)(F)F)cn4)ccc(Cl)c3F)c[n+]1[O-])c1nc-2c(C)[nH]1. The highest BCUT2D eigenvalue weighted by Gasteiger charge is 2.33. The molecule has 5 aromatic rings. The molecule has 11 nitrogen and oxygen atoms in total. The van der Waals surface area contributed by atoms with E-state index in [9.17, 15) is 28.0 Å². The number of rotatable bonds is 4. The maximum atomic E-state index is 15.5. The number of fused-ring (bicyclic) bond motifs is 4. The number of nitrogens with one attached hydrogen (secondary N) is 3. The molecule has 1 atom stereocenters. The standard InChI is InChI=1S/C33H28ClF4N7O4/c1-17-30-21-9-8-20(41-32(47)49-2)13-24(21)42-27(46)6-4-3-5-22(31(40-17)43-30)25-11-7-18(15-45(25)48)28-26(12-10-23(34)29(28)35)44-16-19(14-39-44)33(36,37)38/h7-16,22H,3-6H2,1-2H3,(H,40,43)(H,41,47)(H,42,46). The highest BCUT2D eigenvalue weighted by Crippen LogP contribution is 2.38. The molecule has 0 radical (unpaired) electrons. The zero-order chi connectivity index (χ0) is 35.0. The lowest BCUT2D eigenvalue weighted by Gasteiger charge is -2.17. The lowest BCUT2D eigenvalue weighted by Crippen LogP contribution is -2.34. The number of hydrogen-bond acceptors (Lipinski definition) is 6. The number of alkyl halides is 3. The number of halogens is 5. The van der Waals surface area contributed by atoms with Gasteiger partial charge in [0.25, 0.3) is 0 Å². The van der Waals surface area contributed by atoms with Crippen molar-refractivity contribution in [3.05, 3.63) is 99.9 Å². The number of H-pyrrole nitrogens is 1. The zero-order valence-corrected chi connectivity index (χ0v) is 26.7. The molecule has 6 rings (SSSR count). The van der Waals surface area contributed by atoms with Crippen molar-refractivity contribution < 1.29 is 36.6 Å². The largest absolute Gasteiger partial charge is 0.618 e. The summed E-state index contributed by atoms with van der Waals surface area (Å²) in [7, 11) is 1.24. The molecule has 1 aliphatic rings. The molecule has 2 bridgehead atoms. The van der Waals surface area contributed by atoms with Gasteiger partial charge >= 0.3 is 12.3 Å². The van der Waals surface area contributed by atoms with Gasteiger partial charge in [-0.15, -0.1) is 0 Å². The molecule has 0 aliphatic carbocycles. The Bertz CT molecular complexity index is 2080. The van der Waals surface area contributed by atoms with Crippen LogP contribution in [0.3, 0.4) is 0 Å². The molecule has 16 heteroatoms. The summed E-state index contributed by atoms with van der Waals surface area (Å²) in [5, 5.41) is 22.7. The van der Waals surface area contributed by atoms with E-state index < -0.39 is 29.6 Å². The fraction of sp³-hybridized carbons (Fsp3) is 0.242. The summed E-state index contributed by atoms with van der Waals surface area (Å²) in [6.07, 6.45) is -1.22. The number of carbonyl (C=O) groups is 2. The Morgan fingerprint density at radius 1 is 1.18 bits per heavy atom. The lowest BCUT2D eigenvalue weighted by atomic mass is 9.94. The van der Waals surface area contributed by atoms with E-state index in [1.165, 1.54) is 31.4 Å². The second kappa shape index (κ2) is 13.2. The van der Waals surface area contributed by atoms with E-state index in [2.05, 4.69) is 25.5 Å². The smallest absolute Gasteiger partial charge is 0.419 e. The summed E-state index contributed by atoms with van der Waals surface area (Å²) in [6, 6.07) is 10.4. The van der Waals surface area contributed by atoms with Gasteiger partial charge in [0.1, 0.15) is 11.7 Å². The van der Waals surface area contributed by atoms with Gasteiger partial charge in [0.2, 0.25) is 11.6 Å². The second-order valence-electron chi connectivity index (χ2n) is 11.4. The average Bonchev–Trinajstić information content (AvgIpc) is 3.70. The first-order chi connectivity index (χ1) is 23.3. The molecule has 1 unspecified atom stereocenters. The highest BCUT2D eigenvalue weighted by atomic mass is 35.5. The summed E-state index contributed by atoms with van der Waals surface area (Å²) in [5.41, 5.74) is 1.59. The molecular weight excluding hydrogens is 670 g/mol. The number of ether oxygens (including phenoxy) is 1. The monoisotopic (exact) mass is 697 g/mol. The average molecular weight is 698 g/mol. The van der Waals surface area contributed by atoms with Crippen molar-refractivity contribution in [2.45, 2.75) is 44.7 Å². The van der Waals surface area contributed by atoms with Crippen LogP contribution in [0.1, 0.15) is 54.4 Å². The molecule has 254 valence electrons. The third-order valence-corrected chi connectivity index (χ3v) is 8.47. The van der Waals surface area contributed by atoms with Crippen molar-refractivity contribution in [3.63, 3.8) is 0 Å². The Labute approximate surface area is 281 Å². The van der Waals surface area contributed by atoms with Gasteiger partial charge in [-0.2, -0.15) is 23.0 Å². The quantitative estimate of drug-likeness (QED) is 0.101. The Balaban J connectivity index is 1.41. The van der Waals surface area contributed by atoms with Crippen LogP contribution in [0.15, 0.2) is 61.1 Å². The van der Waals surface area contributed by atoms with E-state index in [0.29, 0.717) is 64.3 Å². The number of benzene rings is 2. The van der Waals surface area contributed by atoms with Crippen LogP contribution in [-0.4, -0.2) is 38.9 Å². The minimum atomic E-state index is -4.67. The van der Waals surface area contributed by atoms with Crippen LogP contribution >= 0.6 is 11.6 Å². The molecule has 3 aromatic heterocycles. The van der Waals surface area contributed by atoms with Crippen molar-refractivity contribution in [3.8, 4) is 28.1 Å². The van der Waals surface area contributed by atoms with Crippen molar-refractivity contribution in [2.24, 2.45) is 0 Å². The van der Waals surface area contributed by atoms with Crippen molar-refractivity contribution in [1.29, 1.82) is 0 Å². The summed E-state index contributed by atoms with van der Waals surface area (Å²) in [5.74, 6) is -1.28. The van der Waals surface area contributed by atoms with Gasteiger partial charge in [0, 0.05) is 35.6 Å². The van der Waals surface area contributed by atoms with Gasteiger partial charge in [0.15, 0.2) is 12.0 Å². The molecule has 4 heterocycles. The van der Waals surface area contributed by atoms with Crippen LogP contribution < -0.4 is 15.4 Å². The first-order valence-corrected chi connectivity index (χ1v) is 15.4. The van der Waals surface area contributed by atoms with Gasteiger partial charge in [0.05, 0.1) is 52.1 Å². The Morgan fingerprint density at radius 2 is 1.98 bits per heavy atom. The summed E-state index contributed by atoms with van der Waals surface area (Å²) >= 11 is 6.07. The van der Waals surface area contributed by atoms with Crippen LogP contribution in [-0.2, 0) is 15.7 Å². The van der Waals surface area contributed by atoms with E-state index >= 15 is 4.39 Å². The van der Waals surface area contributed by atoms with Gasteiger partial charge < -0.3 is 20.2 Å². The van der Waals surface area contributed by atoms with Gasteiger partial charge in [-0.3, -0.25) is 10.1 Å². The van der Waals surface area contributed by atoms with Crippen LogP contribution in [0.5, 0.6) is 0 Å². The number of aryl methyl sites for hydroxylation is 1. The third-order valence-electron chi connectivity index (χ3n) is 8.18. The summed E-state index contributed by atoms with van der Waals surface area (Å²) in [6.45, 7) is 1.80. The predicted molar refractivity (Wildman–Crippen MR) is 172 cm³/mol. The minimum absolute atomic E-state index is 0.0515. The highest BCUT2D eigenvalue weighted by molar-refractivity contribution is 6.31. The fourth-order valence-corrected chi connectivity index (χ4v) is 5.96. The molecule has 0 saturated carbocycles. The molecule has 0 saturated heterocycles. The number of imidazole rings is 1. The van der Waals surface area contributed by atoms with Crippen LogP contribution in [0.2, 0.25) is 5.02 Å². The topological polar surface area (TPSA) is 141 Å². The van der Waals surface area contributed by atoms with Crippen molar-refractivity contribution in [2.75, 3.05) is 17.7 Å². The van der Waals surface area contributed by atoms with E-state index in [0.717, 1.165) is 17.1 Å². The number of amides is 2. The number of nitrogens with zero attached hydrogens (tertiary/aromatic N) is 4. The first kappa shape index (κ1) is 33.5. The van der Waals surface area contributed by atoms with Crippen LogP contribution in [0.4, 0.5) is 33.7 Å². The second-order valence-corrected chi connectivity index (χ2v) is 11.8. The predicted octanol–water partition coefficient (Wildman–Crippen LogP) is 7.51. The van der Waals surface area contributed by atoms with Crippen LogP contribution in [0.25, 0.3) is 28.1 Å². The zero-order valence-electron chi connectivity index (χ0n) is 26.0. The van der Waals surface area contributed by atoms with E-state index in [4.69, 9.17) is 16.6 Å². The van der Waals surface area contributed by atoms with Gasteiger partial charge in [-0.1, -0.05) is 18.0 Å². The molecule has 0 spiro atoms. The number of hydrogen-bond donors (Lipinski definition) is 3. The molecule has 3 N–H and O–H groups in total. The molecule has 2 amide bonds. The molecule has 1 aliphatic heterocycles. The maximum absolute atomic E-state index is 15.5. The first-order valence-electron chi connectivity index (χ1n) is 15.0. The molecular formula is C33H28ClF4N7O4. The Hall–Kier alpha value is -5.44. The molecule has 2 aromatic carbocycles. The Kier molecular flexibility index (Phi) is 9.03. The lowest BCUT2D eigenvalue weighted by molar-refractivity contribution is -0.614. The summed E-state index contributed by atoms with van der Waals surface area (Å²) < 4.78 is 61.6. The molecule has 49 heavy (non-hydrogen) atoms. The number of carbonyl (C=O) groups excluding carboxylic acids is 2. The van der Waals surface area contributed by atoms with Crippen LogP contribution in [0, 0.1) is 17.9 Å². The maximum Gasteiger partial charge on any atom is 0.419 e.